The molecule has 5 aromatic rings. The predicted molar refractivity (Wildman–Crippen MR) is 127 cm³/mol. The van der Waals surface area contributed by atoms with Gasteiger partial charge in [-0.15, -0.1) is 10.2 Å². The fraction of sp³-hybridized carbons (Fsp3) is 0. The van der Waals surface area contributed by atoms with Crippen LogP contribution in [0, 0.1) is 0 Å². The number of H-pyrrole nitrogens is 1. The van der Waals surface area contributed by atoms with Crippen LogP contribution in [0.15, 0.2) is 97.3 Å². The van der Waals surface area contributed by atoms with Crippen molar-refractivity contribution in [2.45, 2.75) is 0 Å². The van der Waals surface area contributed by atoms with Crippen molar-refractivity contribution in [3.8, 4) is 28.6 Å². The van der Waals surface area contributed by atoms with E-state index in [-0.39, 0.29) is 22.7 Å². The third-order valence-electron chi connectivity index (χ3n) is 4.80. The van der Waals surface area contributed by atoms with Crippen molar-refractivity contribution >= 4 is 11.8 Å². The number of hydrogen-bond donors (Lipinski definition) is 3. The highest BCUT2D eigenvalue weighted by Gasteiger charge is 2.18. The maximum Gasteiger partial charge on any atom is 0.442 e. The van der Waals surface area contributed by atoms with E-state index in [9.17, 15) is 19.2 Å². The average Bonchev–Trinajstić information content (AvgIpc) is 3.50. The number of benzene rings is 3. The quantitative estimate of drug-likeness (QED) is 0.334. The Morgan fingerprint density at radius 2 is 1.39 bits per heavy atom. The molecular weight excluding hydrogens is 468 g/mol. The fourth-order valence-electron chi connectivity index (χ4n) is 3.13. The van der Waals surface area contributed by atoms with Gasteiger partial charge in [-0.1, -0.05) is 36.4 Å². The zero-order valence-corrected chi connectivity index (χ0v) is 18.5. The molecule has 180 valence electrons. The van der Waals surface area contributed by atoms with Crippen molar-refractivity contribution in [1.82, 2.24) is 20.0 Å². The van der Waals surface area contributed by atoms with Gasteiger partial charge in [0.25, 0.3) is 5.91 Å². The van der Waals surface area contributed by atoms with Crippen LogP contribution in [0.5, 0.6) is 0 Å². The molecule has 2 aromatic heterocycles. The van der Waals surface area contributed by atoms with Crippen LogP contribution < -0.4 is 23.0 Å². The van der Waals surface area contributed by atoms with Gasteiger partial charge in [0, 0.05) is 16.7 Å². The molecule has 0 unspecified atom stereocenters. The smallest absolute Gasteiger partial charge is 0.388 e. The molecule has 0 saturated carbocycles. The van der Waals surface area contributed by atoms with E-state index in [1.165, 1.54) is 18.2 Å². The Bertz CT molecular complexity index is 1630. The maximum absolute atomic E-state index is 12.1. The van der Waals surface area contributed by atoms with E-state index < -0.39 is 23.3 Å². The van der Waals surface area contributed by atoms with Gasteiger partial charge in [-0.3, -0.25) is 9.59 Å². The van der Waals surface area contributed by atoms with Crippen molar-refractivity contribution in [2.75, 3.05) is 0 Å². The number of nitrogens with one attached hydrogen (secondary N) is 1. The molecule has 0 atom stereocenters. The summed E-state index contributed by atoms with van der Waals surface area (Å²) in [7, 11) is 0. The molecule has 0 aliphatic rings. The summed E-state index contributed by atoms with van der Waals surface area (Å²) in [6, 6.07) is 21.9. The lowest BCUT2D eigenvalue weighted by Crippen LogP contribution is -2.22. The summed E-state index contributed by atoms with van der Waals surface area (Å²) in [6.07, 6.45) is 0. The first kappa shape index (κ1) is 23.6. The summed E-state index contributed by atoms with van der Waals surface area (Å²) in [4.78, 5) is 45.7. The number of primary amides is 2. The first-order valence-electron chi connectivity index (χ1n) is 10.3. The van der Waals surface area contributed by atoms with E-state index in [4.69, 9.17) is 20.3 Å². The van der Waals surface area contributed by atoms with E-state index in [0.29, 0.717) is 11.5 Å². The molecule has 2 heterocycles. The third-order valence-corrected chi connectivity index (χ3v) is 4.80. The molecule has 5 N–H and O–H groups in total. The van der Waals surface area contributed by atoms with Crippen LogP contribution in [0.4, 0.5) is 0 Å². The van der Waals surface area contributed by atoms with E-state index in [0.717, 1.165) is 10.2 Å². The summed E-state index contributed by atoms with van der Waals surface area (Å²) in [5.41, 5.74) is 12.1. The number of amides is 2. The standard InChI is InChI=1S/C16H12N4O4.C8H6N2O2/c17-13(21)10-6-7-11(14(18)22)12(8-10)20-16(23)24-15(19-20)9-4-2-1-3-5-9;11-8-10-9-7(12-8)6-4-2-1-3-5-6/h1-8H,(H2,17,21)(H2,18,22);1-5H,(H,10,11). The molecule has 0 saturated heterocycles. The molecule has 0 spiro atoms. The second kappa shape index (κ2) is 10.2. The zero-order chi connectivity index (χ0) is 25.7. The van der Waals surface area contributed by atoms with Crippen LogP contribution in [0.1, 0.15) is 20.7 Å². The van der Waals surface area contributed by atoms with E-state index >= 15 is 0 Å². The molecule has 3 aromatic carbocycles. The highest BCUT2D eigenvalue weighted by Crippen LogP contribution is 2.19. The highest BCUT2D eigenvalue weighted by atomic mass is 16.4. The van der Waals surface area contributed by atoms with Crippen LogP contribution in [-0.4, -0.2) is 31.8 Å². The van der Waals surface area contributed by atoms with Crippen molar-refractivity contribution in [3.63, 3.8) is 0 Å². The summed E-state index contributed by atoms with van der Waals surface area (Å²) < 4.78 is 10.7. The fourth-order valence-corrected chi connectivity index (χ4v) is 3.13. The highest BCUT2D eigenvalue weighted by molar-refractivity contribution is 5.99. The second-order valence-corrected chi connectivity index (χ2v) is 7.20. The summed E-state index contributed by atoms with van der Waals surface area (Å²) in [5.74, 6) is -2.46. The van der Waals surface area contributed by atoms with Crippen LogP contribution in [-0.2, 0) is 0 Å². The van der Waals surface area contributed by atoms with Crippen LogP contribution in [0.3, 0.4) is 0 Å². The lowest BCUT2D eigenvalue weighted by molar-refractivity contribution is 0.0988. The number of aromatic amines is 1. The minimum absolute atomic E-state index is 0.00927. The van der Waals surface area contributed by atoms with Gasteiger partial charge in [-0.2, -0.15) is 4.68 Å². The van der Waals surface area contributed by atoms with Crippen LogP contribution in [0.2, 0.25) is 0 Å². The van der Waals surface area contributed by atoms with Gasteiger partial charge in [0.05, 0.1) is 11.3 Å². The van der Waals surface area contributed by atoms with Crippen LogP contribution >= 0.6 is 0 Å². The number of rotatable bonds is 5. The normalized spacial score (nSPS) is 10.3. The van der Waals surface area contributed by atoms with Gasteiger partial charge in [-0.05, 0) is 42.5 Å². The number of carbonyl (C=O) groups excluding carboxylic acids is 2. The number of aromatic nitrogens is 4. The summed E-state index contributed by atoms with van der Waals surface area (Å²) in [5, 5.41) is 9.95. The molecule has 12 nitrogen and oxygen atoms in total. The SMILES string of the molecule is NC(=O)c1ccc(C(N)=O)c(-n2nc(-c3ccccc3)oc2=O)c1.O=c1[nH]nc(-c2ccccc2)o1. The minimum Gasteiger partial charge on any atom is -0.388 e. The largest absolute Gasteiger partial charge is 0.442 e. The average molecular weight is 486 g/mol. The van der Waals surface area contributed by atoms with Crippen molar-refractivity contribution in [2.24, 2.45) is 11.5 Å². The molecule has 2 amide bonds. The number of nitrogens with zero attached hydrogens (tertiary/aromatic N) is 3. The van der Waals surface area contributed by atoms with Crippen molar-refractivity contribution < 1.29 is 18.4 Å². The molecule has 36 heavy (non-hydrogen) atoms. The lowest BCUT2D eigenvalue weighted by Gasteiger charge is -2.06. The first-order valence-corrected chi connectivity index (χ1v) is 10.3. The molecule has 0 radical (unpaired) electrons. The minimum atomic E-state index is -0.821. The monoisotopic (exact) mass is 486 g/mol. The molecular formula is C24H18N6O6. The Kier molecular flexibility index (Phi) is 6.68. The van der Waals surface area contributed by atoms with Gasteiger partial charge in [0.15, 0.2) is 0 Å². The Morgan fingerprint density at radius 1 is 0.778 bits per heavy atom. The Balaban J connectivity index is 0.000000211. The number of hydrogen-bond acceptors (Lipinski definition) is 8. The zero-order valence-electron chi connectivity index (χ0n) is 18.5. The summed E-state index contributed by atoms with van der Waals surface area (Å²) in [6.45, 7) is 0. The third kappa shape index (κ3) is 5.17. The topological polar surface area (TPSA) is 193 Å². The Labute approximate surface area is 201 Å². The van der Waals surface area contributed by atoms with Gasteiger partial charge in [0.1, 0.15) is 0 Å². The molecule has 0 aliphatic carbocycles. The second-order valence-electron chi connectivity index (χ2n) is 7.20. The maximum atomic E-state index is 12.1. The van der Waals surface area contributed by atoms with Crippen LogP contribution in [0.25, 0.3) is 28.6 Å². The van der Waals surface area contributed by atoms with Gasteiger partial charge < -0.3 is 20.3 Å². The Hall–Kier alpha value is -5.52. The molecule has 0 aliphatic heterocycles. The van der Waals surface area contributed by atoms with E-state index in [1.54, 1.807) is 30.3 Å². The van der Waals surface area contributed by atoms with Gasteiger partial charge in [0.2, 0.25) is 17.7 Å². The first-order chi connectivity index (χ1) is 17.3. The number of nitrogens with two attached hydrogens (primary N) is 2. The van der Waals surface area contributed by atoms with Gasteiger partial charge in [-0.25, -0.2) is 14.7 Å². The molecule has 5 rings (SSSR count). The Morgan fingerprint density at radius 3 is 1.92 bits per heavy atom. The van der Waals surface area contributed by atoms with E-state index in [1.807, 2.05) is 30.3 Å². The van der Waals surface area contributed by atoms with Crippen molar-refractivity contribution in [1.29, 1.82) is 0 Å². The van der Waals surface area contributed by atoms with Crippen molar-refractivity contribution in [3.05, 3.63) is 111 Å². The van der Waals surface area contributed by atoms with E-state index in [2.05, 4.69) is 15.3 Å². The lowest BCUT2D eigenvalue weighted by atomic mass is 10.1. The molecule has 0 fully saturated rings. The summed E-state index contributed by atoms with van der Waals surface area (Å²) >= 11 is 0. The number of carbonyl (C=O) groups is 2. The molecule has 0 bridgehead atoms. The predicted octanol–water partition coefficient (Wildman–Crippen LogP) is 1.72. The molecule has 12 heteroatoms. The van der Waals surface area contributed by atoms with Gasteiger partial charge >= 0.3 is 11.5 Å².